The van der Waals surface area contributed by atoms with Crippen molar-refractivity contribution in [2.24, 2.45) is 15.1 Å². The number of aliphatic imine (C=N–C) groups is 1. The van der Waals surface area contributed by atoms with E-state index >= 15 is 0 Å². The van der Waals surface area contributed by atoms with E-state index < -0.39 is 31.7 Å². The number of methoxy groups -OCH3 is 1. The van der Waals surface area contributed by atoms with Gasteiger partial charge in [0.25, 0.3) is 5.91 Å². The van der Waals surface area contributed by atoms with Crippen LogP contribution in [0.2, 0.25) is 0 Å². The van der Waals surface area contributed by atoms with Gasteiger partial charge in [-0.15, -0.1) is 0 Å². The first kappa shape index (κ1) is 22.6. The number of hydrogen-bond acceptors (Lipinski definition) is 8. The van der Waals surface area contributed by atoms with Crippen molar-refractivity contribution in [1.29, 1.82) is 0 Å². The van der Waals surface area contributed by atoms with Gasteiger partial charge in [-0.2, -0.15) is 0 Å². The molecule has 1 unspecified atom stereocenters. The van der Waals surface area contributed by atoms with Gasteiger partial charge < -0.3 is 15.8 Å². The fraction of sp³-hybridized carbons (Fsp3) is 0.400. The molecule has 2 aromatic rings. The van der Waals surface area contributed by atoms with Crippen molar-refractivity contribution in [2.75, 3.05) is 25.2 Å². The highest BCUT2D eigenvalue weighted by atomic mass is 32.2. The van der Waals surface area contributed by atoms with Gasteiger partial charge in [0.05, 0.1) is 35.0 Å². The van der Waals surface area contributed by atoms with E-state index in [1.54, 1.807) is 20.8 Å². The van der Waals surface area contributed by atoms with Crippen LogP contribution < -0.4 is 15.8 Å². The molecule has 0 bridgehead atoms. The molecule has 9 nitrogen and oxygen atoms in total. The molecule has 0 saturated heterocycles. The normalized spacial score (nSPS) is 24.8. The van der Waals surface area contributed by atoms with Crippen LogP contribution in [0, 0.1) is 5.82 Å². The van der Waals surface area contributed by atoms with Gasteiger partial charge >= 0.3 is 0 Å². The second kappa shape index (κ2) is 7.88. The number of nitrogens with two attached hydrogens (primary N) is 1. The number of amidine groups is 1. The first-order valence-corrected chi connectivity index (χ1v) is 11.1. The fourth-order valence-corrected chi connectivity index (χ4v) is 5.64. The molecule has 11 heteroatoms. The monoisotopic (exact) mass is 448 g/mol. The summed E-state index contributed by atoms with van der Waals surface area (Å²) in [6.45, 7) is 5.08. The highest BCUT2D eigenvalue weighted by Gasteiger charge is 2.47. The van der Waals surface area contributed by atoms with Crippen molar-refractivity contribution < 1.29 is 18.1 Å². The number of amides is 1. The molecule has 2 atom stereocenters. The summed E-state index contributed by atoms with van der Waals surface area (Å²) in [7, 11) is 0.0764. The first-order valence-electron chi connectivity index (χ1n) is 9.41. The van der Waals surface area contributed by atoms with Gasteiger partial charge in [0.2, 0.25) is 5.88 Å². The Morgan fingerprint density at radius 3 is 2.58 bits per heavy atom. The third-order valence-electron chi connectivity index (χ3n) is 5.43. The summed E-state index contributed by atoms with van der Waals surface area (Å²) in [5, 5.41) is 2.66. The van der Waals surface area contributed by atoms with E-state index in [1.165, 1.54) is 44.8 Å². The number of benzene rings is 1. The molecule has 0 aliphatic carbocycles. The Morgan fingerprint density at radius 2 is 2.00 bits per heavy atom. The molecule has 0 fully saturated rings. The summed E-state index contributed by atoms with van der Waals surface area (Å²) in [6, 6.07) is 4.08. The van der Waals surface area contributed by atoms with E-state index in [0.717, 1.165) is 0 Å². The predicted molar refractivity (Wildman–Crippen MR) is 117 cm³/mol. The maximum Gasteiger partial charge on any atom is 0.275 e. The lowest BCUT2D eigenvalue weighted by molar-refractivity contribution is 0.102. The van der Waals surface area contributed by atoms with Crippen molar-refractivity contribution in [1.82, 2.24) is 9.97 Å². The van der Waals surface area contributed by atoms with Gasteiger partial charge in [-0.05, 0) is 39.0 Å². The molecule has 166 valence electrons. The number of ether oxygens (including phenoxy) is 1. The number of aromatic nitrogens is 2. The fourth-order valence-electron chi connectivity index (χ4n) is 3.34. The Labute approximate surface area is 180 Å². The molecule has 1 amide bonds. The highest BCUT2D eigenvalue weighted by molar-refractivity contribution is 7.95. The Kier molecular flexibility index (Phi) is 5.74. The molecule has 0 saturated carbocycles. The van der Waals surface area contributed by atoms with Crippen LogP contribution in [0.25, 0.3) is 0 Å². The first-order chi connectivity index (χ1) is 14.5. The van der Waals surface area contributed by atoms with Crippen LogP contribution in [-0.2, 0) is 15.3 Å². The largest absolute Gasteiger partial charge is 0.480 e. The Bertz CT molecular complexity index is 1170. The molecular weight excluding hydrogens is 423 g/mol. The number of nitrogens with one attached hydrogen (secondary N) is 1. The molecule has 3 rings (SSSR count). The van der Waals surface area contributed by atoms with E-state index in [1.807, 2.05) is 0 Å². The number of carbonyl (C=O) groups is 1. The molecular formula is C20H25FN6O3S. The number of hydrogen-bond donors (Lipinski definition) is 2. The maximum absolute atomic E-state index is 14.8. The summed E-state index contributed by atoms with van der Waals surface area (Å²) in [5.74, 6) is -0.687. The number of anilines is 1. The standard InChI is InChI=1S/C20H25FN6O3S/c1-19(2)18(22)27-20(3,11-31(19,29)23-4)13-8-12(6-7-14(13)21)26-17(28)15-9-25-16(30-5)10-24-15/h6-10H,11H2,1-5H3,(H2,22,27)(H,26,28)/t20-,31?/m0/s1. The van der Waals surface area contributed by atoms with E-state index in [9.17, 15) is 13.4 Å². The minimum Gasteiger partial charge on any atom is -0.480 e. The van der Waals surface area contributed by atoms with Gasteiger partial charge in [-0.1, -0.05) is 0 Å². The van der Waals surface area contributed by atoms with Gasteiger partial charge in [0.1, 0.15) is 27.6 Å². The van der Waals surface area contributed by atoms with Crippen molar-refractivity contribution in [3.05, 3.63) is 47.7 Å². The Balaban J connectivity index is 1.98. The highest BCUT2D eigenvalue weighted by Crippen LogP contribution is 2.39. The molecule has 1 aromatic heterocycles. The molecule has 1 aliphatic rings. The third kappa shape index (κ3) is 3.97. The van der Waals surface area contributed by atoms with Crippen molar-refractivity contribution in [3.63, 3.8) is 0 Å². The molecule has 0 radical (unpaired) electrons. The number of nitrogens with zero attached hydrogens (tertiary/aromatic N) is 4. The molecule has 3 N–H and O–H groups in total. The van der Waals surface area contributed by atoms with E-state index in [2.05, 4.69) is 24.6 Å². The van der Waals surface area contributed by atoms with Crippen LogP contribution in [0.5, 0.6) is 5.88 Å². The minimum absolute atomic E-state index is 0.0114. The molecule has 1 aromatic carbocycles. The average Bonchev–Trinajstić information content (AvgIpc) is 2.73. The van der Waals surface area contributed by atoms with Gasteiger partial charge in [-0.3, -0.25) is 9.79 Å². The zero-order valence-corrected chi connectivity index (χ0v) is 18.8. The minimum atomic E-state index is -2.83. The van der Waals surface area contributed by atoms with Crippen molar-refractivity contribution >= 4 is 27.2 Å². The summed E-state index contributed by atoms with van der Waals surface area (Å²) < 4.78 is 36.4. The molecule has 31 heavy (non-hydrogen) atoms. The second-order valence-corrected chi connectivity index (χ2v) is 10.8. The van der Waals surface area contributed by atoms with Crippen molar-refractivity contribution in [3.8, 4) is 5.88 Å². The SMILES string of the molecule is CN=S1(=O)C[C@@](C)(c2cc(NC(=O)c3cnc(OC)cn3)ccc2F)N=C(N)C1(C)C. The number of carbonyl (C=O) groups excluding carboxylic acids is 1. The van der Waals surface area contributed by atoms with Crippen LogP contribution >= 0.6 is 0 Å². The smallest absolute Gasteiger partial charge is 0.275 e. The lowest BCUT2D eigenvalue weighted by Crippen LogP contribution is -2.54. The zero-order valence-electron chi connectivity index (χ0n) is 18.0. The van der Waals surface area contributed by atoms with Gasteiger partial charge in [0, 0.05) is 18.3 Å². The number of rotatable bonds is 4. The summed E-state index contributed by atoms with van der Waals surface area (Å²) in [6.07, 6.45) is 2.59. The van der Waals surface area contributed by atoms with E-state index in [-0.39, 0.29) is 28.7 Å². The van der Waals surface area contributed by atoms with E-state index in [4.69, 9.17) is 10.5 Å². The Morgan fingerprint density at radius 1 is 1.29 bits per heavy atom. The quantitative estimate of drug-likeness (QED) is 0.738. The zero-order chi connectivity index (χ0) is 23.0. The summed E-state index contributed by atoms with van der Waals surface area (Å²) in [5.41, 5.74) is 5.45. The number of halogens is 1. The molecule has 1 aliphatic heterocycles. The van der Waals surface area contributed by atoms with Gasteiger partial charge in [-0.25, -0.2) is 22.9 Å². The predicted octanol–water partition coefficient (Wildman–Crippen LogP) is 2.34. The van der Waals surface area contributed by atoms with Crippen LogP contribution in [-0.4, -0.2) is 50.6 Å². The van der Waals surface area contributed by atoms with E-state index in [0.29, 0.717) is 5.69 Å². The van der Waals surface area contributed by atoms with Crippen molar-refractivity contribution in [2.45, 2.75) is 31.1 Å². The maximum atomic E-state index is 14.8. The summed E-state index contributed by atoms with van der Waals surface area (Å²) in [4.78, 5) is 24.9. The Hall–Kier alpha value is -3.08. The van der Waals surface area contributed by atoms with Crippen LogP contribution in [0.1, 0.15) is 36.8 Å². The average molecular weight is 449 g/mol. The molecule has 2 heterocycles. The lowest BCUT2D eigenvalue weighted by atomic mass is 9.92. The second-order valence-electron chi connectivity index (χ2n) is 7.84. The summed E-state index contributed by atoms with van der Waals surface area (Å²) >= 11 is 0. The van der Waals surface area contributed by atoms with Crippen LogP contribution in [0.15, 0.2) is 39.9 Å². The third-order valence-corrected chi connectivity index (χ3v) is 8.77. The topological polar surface area (TPSA) is 132 Å². The van der Waals surface area contributed by atoms with Gasteiger partial charge in [0.15, 0.2) is 0 Å². The molecule has 0 spiro atoms. The lowest BCUT2D eigenvalue weighted by Gasteiger charge is -2.40. The van der Waals surface area contributed by atoms with Crippen LogP contribution in [0.4, 0.5) is 10.1 Å². The van der Waals surface area contributed by atoms with Crippen LogP contribution in [0.3, 0.4) is 0 Å².